The molecule has 1 aliphatic heterocycles. The molecule has 120 valence electrons. The van der Waals surface area contributed by atoms with E-state index in [1.807, 2.05) is 37.3 Å². The molecule has 1 aliphatic rings. The Kier molecular flexibility index (Phi) is 7.13. The predicted molar refractivity (Wildman–Crippen MR) is 89.1 cm³/mol. The van der Waals surface area contributed by atoms with Gasteiger partial charge in [-0.3, -0.25) is 0 Å². The van der Waals surface area contributed by atoms with Crippen molar-refractivity contribution in [2.24, 2.45) is 11.7 Å². The zero-order valence-corrected chi connectivity index (χ0v) is 14.1. The van der Waals surface area contributed by atoms with Gasteiger partial charge in [0.15, 0.2) is 0 Å². The molecule has 6 heteroatoms. The zero-order valence-electron chi connectivity index (χ0n) is 12.4. The van der Waals surface area contributed by atoms with Gasteiger partial charge in [0.2, 0.25) is 10.0 Å². The van der Waals surface area contributed by atoms with Crippen molar-refractivity contribution >= 4 is 22.4 Å². The van der Waals surface area contributed by atoms with Crippen molar-refractivity contribution in [2.75, 3.05) is 18.8 Å². The van der Waals surface area contributed by atoms with Crippen molar-refractivity contribution in [3.05, 3.63) is 35.9 Å². The van der Waals surface area contributed by atoms with Crippen LogP contribution in [0.2, 0.25) is 0 Å². The van der Waals surface area contributed by atoms with Crippen molar-refractivity contribution in [2.45, 2.75) is 32.2 Å². The van der Waals surface area contributed by atoms with E-state index in [0.717, 1.165) is 18.4 Å². The molecule has 1 aromatic carbocycles. The molecule has 0 radical (unpaired) electrons. The minimum Gasteiger partial charge on any atom is -0.328 e. The molecule has 0 spiro atoms. The van der Waals surface area contributed by atoms with E-state index in [-0.39, 0.29) is 24.2 Å². The highest BCUT2D eigenvalue weighted by Gasteiger charge is 2.28. The van der Waals surface area contributed by atoms with Gasteiger partial charge in [-0.1, -0.05) is 30.3 Å². The fraction of sp³-hybridized carbons (Fsp3) is 0.600. The summed E-state index contributed by atoms with van der Waals surface area (Å²) in [4.78, 5) is 0. The van der Waals surface area contributed by atoms with Crippen LogP contribution in [0, 0.1) is 5.92 Å². The lowest BCUT2D eigenvalue weighted by Gasteiger charge is -2.32. The summed E-state index contributed by atoms with van der Waals surface area (Å²) in [7, 11) is -3.14. The van der Waals surface area contributed by atoms with Crippen molar-refractivity contribution in [1.82, 2.24) is 4.31 Å². The lowest BCUT2D eigenvalue weighted by Crippen LogP contribution is -2.43. The average molecular weight is 333 g/mol. The molecule has 0 saturated carbocycles. The summed E-state index contributed by atoms with van der Waals surface area (Å²) < 4.78 is 26.3. The second-order valence-electron chi connectivity index (χ2n) is 5.65. The molecule has 0 aliphatic carbocycles. The van der Waals surface area contributed by atoms with Gasteiger partial charge < -0.3 is 5.73 Å². The van der Waals surface area contributed by atoms with Crippen LogP contribution in [0.3, 0.4) is 0 Å². The van der Waals surface area contributed by atoms with E-state index in [2.05, 4.69) is 0 Å². The second kappa shape index (κ2) is 8.13. The minimum absolute atomic E-state index is 0. The van der Waals surface area contributed by atoms with E-state index in [4.69, 9.17) is 5.73 Å². The van der Waals surface area contributed by atoms with Crippen LogP contribution in [-0.2, 0) is 16.4 Å². The first-order valence-corrected chi connectivity index (χ1v) is 8.87. The average Bonchev–Trinajstić information content (AvgIpc) is 2.46. The Bertz CT molecular complexity index is 512. The Morgan fingerprint density at radius 3 is 2.33 bits per heavy atom. The minimum atomic E-state index is -3.14. The first-order chi connectivity index (χ1) is 9.49. The van der Waals surface area contributed by atoms with Gasteiger partial charge in [0.25, 0.3) is 0 Å². The number of piperidine rings is 1. The van der Waals surface area contributed by atoms with Gasteiger partial charge in [-0.15, -0.1) is 12.4 Å². The number of benzene rings is 1. The summed E-state index contributed by atoms with van der Waals surface area (Å²) in [5.41, 5.74) is 6.96. The summed E-state index contributed by atoms with van der Waals surface area (Å²) in [5.74, 6) is 0.649. The monoisotopic (exact) mass is 332 g/mol. The van der Waals surface area contributed by atoms with E-state index < -0.39 is 10.0 Å². The van der Waals surface area contributed by atoms with E-state index in [9.17, 15) is 8.42 Å². The number of nitrogens with two attached hydrogens (primary N) is 1. The van der Waals surface area contributed by atoms with Gasteiger partial charge in [0, 0.05) is 19.1 Å². The Morgan fingerprint density at radius 1 is 1.24 bits per heavy atom. The van der Waals surface area contributed by atoms with E-state index in [1.54, 1.807) is 4.31 Å². The van der Waals surface area contributed by atoms with Crippen LogP contribution in [0.25, 0.3) is 0 Å². The molecular formula is C15H25ClN2O2S. The molecule has 21 heavy (non-hydrogen) atoms. The topological polar surface area (TPSA) is 63.4 Å². The third-order valence-electron chi connectivity index (χ3n) is 4.13. The van der Waals surface area contributed by atoms with E-state index >= 15 is 0 Å². The Labute approximate surface area is 134 Å². The van der Waals surface area contributed by atoms with Crippen molar-refractivity contribution < 1.29 is 8.42 Å². The largest absolute Gasteiger partial charge is 0.328 e. The maximum Gasteiger partial charge on any atom is 0.214 e. The van der Waals surface area contributed by atoms with Crippen molar-refractivity contribution in [1.29, 1.82) is 0 Å². The van der Waals surface area contributed by atoms with Crippen LogP contribution in [-0.4, -0.2) is 37.6 Å². The first kappa shape index (κ1) is 18.4. The zero-order chi connectivity index (χ0) is 14.6. The highest BCUT2D eigenvalue weighted by molar-refractivity contribution is 7.89. The van der Waals surface area contributed by atoms with Gasteiger partial charge in [0.05, 0.1) is 5.75 Å². The number of halogens is 1. The molecular weight excluding hydrogens is 308 g/mol. The first-order valence-electron chi connectivity index (χ1n) is 7.26. The normalized spacial score (nSPS) is 19.0. The Hall–Kier alpha value is -0.620. The molecule has 4 nitrogen and oxygen atoms in total. The summed E-state index contributed by atoms with van der Waals surface area (Å²) in [6, 6.07) is 9.92. The van der Waals surface area contributed by atoms with Gasteiger partial charge >= 0.3 is 0 Å². The molecule has 1 saturated heterocycles. The summed E-state index contributed by atoms with van der Waals surface area (Å²) in [6.07, 6.45) is 2.33. The maximum atomic E-state index is 12.3. The smallest absolute Gasteiger partial charge is 0.214 e. The molecule has 1 unspecified atom stereocenters. The van der Waals surface area contributed by atoms with Gasteiger partial charge in [-0.2, -0.15) is 0 Å². The second-order valence-corrected chi connectivity index (χ2v) is 7.74. The quantitative estimate of drug-likeness (QED) is 0.897. The third kappa shape index (κ3) is 5.25. The van der Waals surface area contributed by atoms with Crippen LogP contribution in [0.15, 0.2) is 30.3 Å². The summed E-state index contributed by atoms with van der Waals surface area (Å²) in [5, 5.41) is 0. The summed E-state index contributed by atoms with van der Waals surface area (Å²) in [6.45, 7) is 3.23. The Morgan fingerprint density at radius 2 is 1.81 bits per heavy atom. The van der Waals surface area contributed by atoms with Crippen LogP contribution in [0.5, 0.6) is 0 Å². The number of sulfonamides is 1. The highest BCUT2D eigenvalue weighted by Crippen LogP contribution is 2.22. The number of hydrogen-bond acceptors (Lipinski definition) is 3. The lowest BCUT2D eigenvalue weighted by atomic mass is 9.92. The third-order valence-corrected chi connectivity index (χ3v) is 6.00. The molecule has 0 aromatic heterocycles. The van der Waals surface area contributed by atoms with Crippen LogP contribution in [0.4, 0.5) is 0 Å². The number of hydrogen-bond donors (Lipinski definition) is 1. The van der Waals surface area contributed by atoms with Gasteiger partial charge in [-0.25, -0.2) is 12.7 Å². The molecule has 1 atom stereocenters. The number of nitrogens with zero attached hydrogens (tertiary/aromatic N) is 1. The highest BCUT2D eigenvalue weighted by atomic mass is 35.5. The predicted octanol–water partition coefficient (Wildman–Crippen LogP) is 2.04. The molecule has 2 N–H and O–H groups in total. The molecule has 1 fully saturated rings. The standard InChI is InChI=1S/C15H24N2O2S.ClH/c1-13(16)15-7-10-17(11-8-15)20(18,19)12-9-14-5-3-2-4-6-14;/h2-6,13,15H,7-12,16H2,1H3;1H. The van der Waals surface area contributed by atoms with Crippen molar-refractivity contribution in [3.63, 3.8) is 0 Å². The fourth-order valence-corrected chi connectivity index (χ4v) is 4.22. The van der Waals surface area contributed by atoms with Gasteiger partial charge in [0.1, 0.15) is 0 Å². The molecule has 1 heterocycles. The van der Waals surface area contributed by atoms with E-state index in [1.165, 1.54) is 0 Å². The number of aryl methyl sites for hydroxylation is 1. The van der Waals surface area contributed by atoms with E-state index in [0.29, 0.717) is 25.4 Å². The van der Waals surface area contributed by atoms with Crippen LogP contribution in [0.1, 0.15) is 25.3 Å². The maximum absolute atomic E-state index is 12.3. The van der Waals surface area contributed by atoms with Crippen molar-refractivity contribution in [3.8, 4) is 0 Å². The van der Waals surface area contributed by atoms with Crippen LogP contribution < -0.4 is 5.73 Å². The molecule has 0 amide bonds. The van der Waals surface area contributed by atoms with Crippen LogP contribution >= 0.6 is 12.4 Å². The summed E-state index contributed by atoms with van der Waals surface area (Å²) >= 11 is 0. The molecule has 0 bridgehead atoms. The Balaban J connectivity index is 0.00000220. The molecule has 2 rings (SSSR count). The molecule has 1 aromatic rings. The lowest BCUT2D eigenvalue weighted by molar-refractivity contribution is 0.251. The number of rotatable bonds is 5. The van der Waals surface area contributed by atoms with Gasteiger partial charge in [-0.05, 0) is 37.7 Å². The fourth-order valence-electron chi connectivity index (χ4n) is 2.70. The SMILES string of the molecule is CC(N)C1CCN(S(=O)(=O)CCc2ccccc2)CC1.Cl.